The molecule has 1 aromatic rings. The molecule has 1 aliphatic heterocycles. The highest BCUT2D eigenvalue weighted by Crippen LogP contribution is 2.32. The summed E-state index contributed by atoms with van der Waals surface area (Å²) >= 11 is 1.42. The Morgan fingerprint density at radius 3 is 3.20 bits per heavy atom. The molecule has 0 bridgehead atoms. The van der Waals surface area contributed by atoms with E-state index >= 15 is 0 Å². The van der Waals surface area contributed by atoms with Crippen molar-refractivity contribution in [2.24, 2.45) is 0 Å². The molecule has 1 aromatic heterocycles. The highest BCUT2D eigenvalue weighted by molar-refractivity contribution is 7.12. The van der Waals surface area contributed by atoms with E-state index in [9.17, 15) is 0 Å². The fourth-order valence-electron chi connectivity index (χ4n) is 1.60. The van der Waals surface area contributed by atoms with Gasteiger partial charge in [0.1, 0.15) is 22.1 Å². The van der Waals surface area contributed by atoms with E-state index in [0.717, 1.165) is 30.2 Å². The van der Waals surface area contributed by atoms with Crippen molar-refractivity contribution < 1.29 is 9.47 Å². The summed E-state index contributed by atoms with van der Waals surface area (Å²) < 4.78 is 10.5. The van der Waals surface area contributed by atoms with E-state index < -0.39 is 0 Å². The second-order valence-corrected chi connectivity index (χ2v) is 4.41. The Morgan fingerprint density at radius 1 is 1.73 bits per heavy atom. The van der Waals surface area contributed by atoms with Crippen LogP contribution in [-0.4, -0.2) is 18.7 Å². The van der Waals surface area contributed by atoms with Crippen molar-refractivity contribution >= 4 is 11.3 Å². The molecule has 0 saturated carbocycles. The minimum absolute atomic E-state index is 0.0905. The Kier molecular flexibility index (Phi) is 3.31. The molecule has 1 unspecified atom stereocenters. The van der Waals surface area contributed by atoms with Gasteiger partial charge in [-0.05, 0) is 12.8 Å². The van der Waals surface area contributed by atoms with Crippen molar-refractivity contribution in [3.8, 4) is 6.07 Å². The summed E-state index contributed by atoms with van der Waals surface area (Å²) in [5.41, 5.74) is 0.732. The second kappa shape index (κ2) is 4.71. The van der Waals surface area contributed by atoms with Gasteiger partial charge in [-0.15, -0.1) is 11.3 Å². The normalized spacial score (nSPS) is 20.4. The summed E-state index contributed by atoms with van der Waals surface area (Å²) in [6, 6.07) is 2.14. The van der Waals surface area contributed by atoms with E-state index in [1.165, 1.54) is 11.3 Å². The van der Waals surface area contributed by atoms with Gasteiger partial charge in [0.2, 0.25) is 0 Å². The van der Waals surface area contributed by atoms with Gasteiger partial charge in [0.15, 0.2) is 0 Å². The smallest absolute Gasteiger partial charge is 0.130 e. The van der Waals surface area contributed by atoms with Crippen LogP contribution in [0.3, 0.4) is 0 Å². The maximum Gasteiger partial charge on any atom is 0.130 e. The number of hydrogen-bond acceptors (Lipinski definition) is 5. The lowest BCUT2D eigenvalue weighted by molar-refractivity contribution is 0.111. The van der Waals surface area contributed by atoms with E-state index in [-0.39, 0.29) is 6.10 Å². The van der Waals surface area contributed by atoms with Gasteiger partial charge in [-0.25, -0.2) is 4.98 Å². The first-order valence-corrected chi connectivity index (χ1v) is 5.67. The van der Waals surface area contributed by atoms with Gasteiger partial charge in [0.05, 0.1) is 12.3 Å². The van der Waals surface area contributed by atoms with Gasteiger partial charge >= 0.3 is 0 Å². The first kappa shape index (κ1) is 10.6. The summed E-state index contributed by atoms with van der Waals surface area (Å²) in [7, 11) is 1.60. The first-order valence-electron chi connectivity index (χ1n) is 4.85. The third-order valence-electron chi connectivity index (χ3n) is 2.30. The number of ether oxygens (including phenoxy) is 2. The average molecular weight is 224 g/mol. The second-order valence-electron chi connectivity index (χ2n) is 3.37. The topological polar surface area (TPSA) is 55.1 Å². The van der Waals surface area contributed by atoms with Crippen molar-refractivity contribution in [2.75, 3.05) is 13.7 Å². The van der Waals surface area contributed by atoms with Crippen LogP contribution in [0.2, 0.25) is 0 Å². The molecule has 0 radical (unpaired) electrons. The molecule has 1 saturated heterocycles. The molecule has 1 fully saturated rings. The molecule has 0 N–H and O–H groups in total. The predicted octanol–water partition coefficient (Wildman–Crippen LogP) is 2.01. The molecule has 1 atom stereocenters. The van der Waals surface area contributed by atoms with Gasteiger partial charge in [0.25, 0.3) is 0 Å². The number of methoxy groups -OCH3 is 1. The van der Waals surface area contributed by atoms with Crippen LogP contribution in [0.15, 0.2) is 0 Å². The fourth-order valence-corrected chi connectivity index (χ4v) is 2.55. The zero-order valence-corrected chi connectivity index (χ0v) is 9.34. The van der Waals surface area contributed by atoms with Crippen molar-refractivity contribution in [2.45, 2.75) is 25.6 Å². The third-order valence-corrected chi connectivity index (χ3v) is 3.40. The Hall–Kier alpha value is -0.960. The Bertz CT molecular complexity index is 377. The van der Waals surface area contributed by atoms with Crippen LogP contribution in [-0.2, 0) is 16.1 Å². The summed E-state index contributed by atoms with van der Waals surface area (Å²) in [6.45, 7) is 1.19. The van der Waals surface area contributed by atoms with Crippen molar-refractivity contribution in [1.29, 1.82) is 5.26 Å². The number of thiazole rings is 1. The Balaban J connectivity index is 2.22. The summed E-state index contributed by atoms with van der Waals surface area (Å²) in [6.07, 6.45) is 2.17. The van der Waals surface area contributed by atoms with E-state index in [4.69, 9.17) is 14.7 Å². The molecule has 5 heteroatoms. The molecule has 0 aromatic carbocycles. The fraction of sp³-hybridized carbons (Fsp3) is 0.600. The standard InChI is InChI=1S/C10H12N2O2S/c1-13-6-7-9(5-11)15-10(12-7)8-3-2-4-14-8/h8H,2-4,6H2,1H3. The van der Waals surface area contributed by atoms with E-state index in [1.807, 2.05) is 0 Å². The van der Waals surface area contributed by atoms with Crippen LogP contribution in [0.4, 0.5) is 0 Å². The van der Waals surface area contributed by atoms with Gasteiger partial charge in [0, 0.05) is 13.7 Å². The summed E-state index contributed by atoms with van der Waals surface area (Å²) in [4.78, 5) is 5.04. The molecule has 0 aliphatic carbocycles. The molecular formula is C10H12N2O2S. The minimum Gasteiger partial charge on any atom is -0.378 e. The lowest BCUT2D eigenvalue weighted by Crippen LogP contribution is -1.96. The highest BCUT2D eigenvalue weighted by Gasteiger charge is 2.23. The zero-order chi connectivity index (χ0) is 10.7. The van der Waals surface area contributed by atoms with Gasteiger partial charge in [-0.2, -0.15) is 5.26 Å². The quantitative estimate of drug-likeness (QED) is 0.788. The largest absolute Gasteiger partial charge is 0.378 e. The molecule has 2 heterocycles. The van der Waals surface area contributed by atoms with Gasteiger partial charge in [-0.3, -0.25) is 0 Å². The Morgan fingerprint density at radius 2 is 2.60 bits per heavy atom. The average Bonchev–Trinajstić information content (AvgIpc) is 2.84. The summed E-state index contributed by atoms with van der Waals surface area (Å²) in [5, 5.41) is 9.84. The monoisotopic (exact) mass is 224 g/mol. The lowest BCUT2D eigenvalue weighted by atomic mass is 10.2. The maximum atomic E-state index is 8.93. The van der Waals surface area contributed by atoms with E-state index in [2.05, 4.69) is 11.1 Å². The zero-order valence-electron chi connectivity index (χ0n) is 8.52. The van der Waals surface area contributed by atoms with Crippen molar-refractivity contribution in [3.05, 3.63) is 15.6 Å². The van der Waals surface area contributed by atoms with Crippen molar-refractivity contribution in [3.63, 3.8) is 0 Å². The van der Waals surface area contributed by atoms with Gasteiger partial charge < -0.3 is 9.47 Å². The predicted molar refractivity (Wildman–Crippen MR) is 55.5 cm³/mol. The molecule has 80 valence electrons. The first-order chi connectivity index (χ1) is 7.35. The molecule has 4 nitrogen and oxygen atoms in total. The SMILES string of the molecule is COCc1nc(C2CCCO2)sc1C#N. The molecule has 0 spiro atoms. The maximum absolute atomic E-state index is 8.93. The molecule has 1 aliphatic rings. The molecule has 2 rings (SSSR count). The minimum atomic E-state index is 0.0905. The number of nitrogens with zero attached hydrogens (tertiary/aromatic N) is 2. The number of nitriles is 1. The van der Waals surface area contributed by atoms with E-state index in [1.54, 1.807) is 7.11 Å². The number of aromatic nitrogens is 1. The summed E-state index contributed by atoms with van der Waals surface area (Å²) in [5.74, 6) is 0. The van der Waals surface area contributed by atoms with E-state index in [0.29, 0.717) is 11.5 Å². The van der Waals surface area contributed by atoms with Crippen LogP contribution in [0.1, 0.15) is 34.5 Å². The molecular weight excluding hydrogens is 212 g/mol. The van der Waals surface area contributed by atoms with Crippen LogP contribution >= 0.6 is 11.3 Å². The third kappa shape index (κ3) is 2.17. The highest BCUT2D eigenvalue weighted by atomic mass is 32.1. The number of rotatable bonds is 3. The molecule has 15 heavy (non-hydrogen) atoms. The van der Waals surface area contributed by atoms with Crippen molar-refractivity contribution in [1.82, 2.24) is 4.98 Å². The Labute approximate surface area is 92.5 Å². The number of hydrogen-bond donors (Lipinski definition) is 0. The van der Waals surface area contributed by atoms with Crippen LogP contribution in [0.5, 0.6) is 0 Å². The van der Waals surface area contributed by atoms with Crippen LogP contribution in [0.25, 0.3) is 0 Å². The van der Waals surface area contributed by atoms with Gasteiger partial charge in [-0.1, -0.05) is 0 Å². The lowest BCUT2D eigenvalue weighted by Gasteiger charge is -2.03. The van der Waals surface area contributed by atoms with Crippen LogP contribution in [0, 0.1) is 11.3 Å². The van der Waals surface area contributed by atoms with Crippen LogP contribution < -0.4 is 0 Å². The molecule has 0 amide bonds.